The van der Waals surface area contributed by atoms with Gasteiger partial charge in [-0.3, -0.25) is 9.59 Å². The molecule has 0 radical (unpaired) electrons. The van der Waals surface area contributed by atoms with Crippen LogP contribution >= 0.6 is 11.8 Å². The number of para-hydroxylation sites is 1. The number of methoxy groups -OCH3 is 1. The number of esters is 1. The third-order valence-electron chi connectivity index (χ3n) is 4.50. The first-order valence-corrected chi connectivity index (χ1v) is 10.1. The smallest absolute Gasteiger partial charge is 0.337 e. The number of nitrogens with one attached hydrogen (secondary N) is 2. The largest absolute Gasteiger partial charge is 0.465 e. The lowest BCUT2D eigenvalue weighted by Gasteiger charge is -2.25. The van der Waals surface area contributed by atoms with Crippen LogP contribution < -0.4 is 10.6 Å². The number of rotatable bonds is 6. The van der Waals surface area contributed by atoms with Gasteiger partial charge < -0.3 is 15.4 Å². The van der Waals surface area contributed by atoms with E-state index in [1.54, 1.807) is 36.4 Å². The van der Waals surface area contributed by atoms with E-state index in [-0.39, 0.29) is 24.0 Å². The lowest BCUT2D eigenvalue weighted by atomic mass is 9.87. The molecular formula is C22H19N3O4S. The van der Waals surface area contributed by atoms with Crippen molar-refractivity contribution in [2.24, 2.45) is 0 Å². The van der Waals surface area contributed by atoms with Crippen molar-refractivity contribution in [1.82, 2.24) is 5.32 Å². The Hall–Kier alpha value is -3.57. The highest BCUT2D eigenvalue weighted by Gasteiger charge is 2.30. The summed E-state index contributed by atoms with van der Waals surface area (Å²) in [7, 11) is 1.30. The number of allylic oxidation sites excluding steroid dienone is 1. The number of nitriles is 1. The predicted octanol–water partition coefficient (Wildman–Crippen LogP) is 3.18. The molecule has 0 aliphatic carbocycles. The van der Waals surface area contributed by atoms with E-state index in [1.807, 2.05) is 18.2 Å². The fraction of sp³-hybridized carbons (Fsp3) is 0.182. The molecule has 152 valence electrons. The molecule has 3 rings (SSSR count). The van der Waals surface area contributed by atoms with E-state index >= 15 is 0 Å². The first kappa shape index (κ1) is 21.1. The summed E-state index contributed by atoms with van der Waals surface area (Å²) in [6.07, 6.45) is 0.112. The van der Waals surface area contributed by atoms with E-state index in [0.29, 0.717) is 21.9 Å². The van der Waals surface area contributed by atoms with E-state index in [1.165, 1.54) is 7.11 Å². The summed E-state index contributed by atoms with van der Waals surface area (Å²) in [6, 6.07) is 17.8. The van der Waals surface area contributed by atoms with Crippen LogP contribution in [0.3, 0.4) is 0 Å². The maximum atomic E-state index is 12.2. The van der Waals surface area contributed by atoms with Gasteiger partial charge in [0.15, 0.2) is 0 Å². The zero-order chi connectivity index (χ0) is 21.5. The average Bonchev–Trinajstić information content (AvgIpc) is 2.77. The maximum Gasteiger partial charge on any atom is 0.337 e. The van der Waals surface area contributed by atoms with Gasteiger partial charge in [0.05, 0.1) is 35.1 Å². The highest BCUT2D eigenvalue weighted by Crippen LogP contribution is 2.36. The fourth-order valence-corrected chi connectivity index (χ4v) is 3.92. The molecule has 2 N–H and O–H groups in total. The summed E-state index contributed by atoms with van der Waals surface area (Å²) in [4.78, 5) is 36.1. The molecule has 0 aromatic heterocycles. The van der Waals surface area contributed by atoms with Gasteiger partial charge in [-0.1, -0.05) is 42.1 Å². The Morgan fingerprint density at radius 3 is 2.53 bits per heavy atom. The van der Waals surface area contributed by atoms with Crippen LogP contribution in [0.25, 0.3) is 0 Å². The number of benzene rings is 2. The number of ether oxygens (including phenoxy) is 1. The number of carbonyl (C=O) groups excluding carboxylic acids is 3. The number of nitrogens with zero attached hydrogens (tertiary/aromatic N) is 1. The van der Waals surface area contributed by atoms with Crippen LogP contribution in [0.15, 0.2) is 65.2 Å². The maximum absolute atomic E-state index is 12.2. The van der Waals surface area contributed by atoms with E-state index in [4.69, 9.17) is 0 Å². The van der Waals surface area contributed by atoms with Crippen LogP contribution in [0.2, 0.25) is 0 Å². The monoisotopic (exact) mass is 421 g/mol. The highest BCUT2D eigenvalue weighted by molar-refractivity contribution is 8.03. The zero-order valence-electron chi connectivity index (χ0n) is 16.2. The van der Waals surface area contributed by atoms with Gasteiger partial charge in [0.2, 0.25) is 11.8 Å². The normalized spacial score (nSPS) is 15.7. The van der Waals surface area contributed by atoms with Crippen LogP contribution in [0.1, 0.15) is 28.3 Å². The summed E-state index contributed by atoms with van der Waals surface area (Å²) in [6.45, 7) is 0. The summed E-state index contributed by atoms with van der Waals surface area (Å²) in [5, 5.41) is 15.6. The van der Waals surface area contributed by atoms with Gasteiger partial charge in [-0.15, -0.1) is 0 Å². The molecule has 2 aromatic carbocycles. The van der Waals surface area contributed by atoms with E-state index in [2.05, 4.69) is 21.4 Å². The minimum absolute atomic E-state index is 0.0453. The molecule has 1 aliphatic rings. The molecule has 8 heteroatoms. The lowest BCUT2D eigenvalue weighted by molar-refractivity contribution is -0.121. The Kier molecular flexibility index (Phi) is 6.88. The first-order chi connectivity index (χ1) is 14.5. The predicted molar refractivity (Wildman–Crippen MR) is 113 cm³/mol. The summed E-state index contributed by atoms with van der Waals surface area (Å²) in [5.74, 6) is -1.34. The molecular weight excluding hydrogens is 402 g/mol. The Balaban J connectivity index is 1.76. The fourth-order valence-electron chi connectivity index (χ4n) is 3.04. The first-order valence-electron chi connectivity index (χ1n) is 9.12. The van der Waals surface area contributed by atoms with Crippen molar-refractivity contribution in [1.29, 1.82) is 5.26 Å². The standard InChI is InChI=1S/C22H19N3O4S/c1-29-22(28)15-9-7-14(8-10-15)17-11-19(26)25-21(18(17)12-23)30-13-20(27)24-16-5-3-2-4-6-16/h2-10,17H,11,13H2,1H3,(H,24,27)(H,25,26)/t17-/m0/s1. The second-order valence-corrected chi connectivity index (χ2v) is 7.46. The quantitative estimate of drug-likeness (QED) is 0.694. The highest BCUT2D eigenvalue weighted by atomic mass is 32.2. The third kappa shape index (κ3) is 5.07. The molecule has 30 heavy (non-hydrogen) atoms. The molecule has 1 aliphatic heterocycles. The second kappa shape index (κ2) is 9.76. The minimum Gasteiger partial charge on any atom is -0.465 e. The average molecular weight is 421 g/mol. The van der Waals surface area contributed by atoms with E-state index < -0.39 is 11.9 Å². The van der Waals surface area contributed by atoms with Crippen molar-refractivity contribution in [3.8, 4) is 6.07 Å². The lowest BCUT2D eigenvalue weighted by Crippen LogP contribution is -2.31. The van der Waals surface area contributed by atoms with Gasteiger partial charge in [-0.05, 0) is 29.8 Å². The molecule has 0 saturated heterocycles. The van der Waals surface area contributed by atoms with Gasteiger partial charge in [0, 0.05) is 18.0 Å². The number of anilines is 1. The van der Waals surface area contributed by atoms with Gasteiger partial charge in [0.25, 0.3) is 0 Å². The SMILES string of the molecule is COC(=O)c1ccc([C@@H]2CC(=O)NC(SCC(=O)Nc3ccccc3)=C2C#N)cc1. The Morgan fingerprint density at radius 2 is 1.90 bits per heavy atom. The second-order valence-electron chi connectivity index (χ2n) is 6.48. The van der Waals surface area contributed by atoms with E-state index in [9.17, 15) is 19.6 Å². The molecule has 0 bridgehead atoms. The third-order valence-corrected chi connectivity index (χ3v) is 5.51. The Morgan fingerprint density at radius 1 is 1.20 bits per heavy atom. The molecule has 0 saturated carbocycles. The topological polar surface area (TPSA) is 108 Å². The van der Waals surface area contributed by atoms with Gasteiger partial charge in [-0.25, -0.2) is 4.79 Å². The molecule has 2 aromatic rings. The number of hydrogen-bond acceptors (Lipinski definition) is 6. The van der Waals surface area contributed by atoms with Crippen LogP contribution in [0, 0.1) is 11.3 Å². The number of hydrogen-bond donors (Lipinski definition) is 2. The van der Waals surface area contributed by atoms with Gasteiger partial charge in [0.1, 0.15) is 0 Å². The van der Waals surface area contributed by atoms with Crippen molar-refractivity contribution in [2.45, 2.75) is 12.3 Å². The van der Waals surface area contributed by atoms with Gasteiger partial charge >= 0.3 is 5.97 Å². The molecule has 0 unspecified atom stereocenters. The zero-order valence-corrected chi connectivity index (χ0v) is 17.0. The molecule has 0 spiro atoms. The van der Waals surface area contributed by atoms with Crippen LogP contribution in [-0.2, 0) is 14.3 Å². The minimum atomic E-state index is -0.459. The Labute approximate surface area is 178 Å². The summed E-state index contributed by atoms with van der Waals surface area (Å²) >= 11 is 1.11. The molecule has 2 amide bonds. The van der Waals surface area contributed by atoms with Crippen molar-refractivity contribution in [2.75, 3.05) is 18.2 Å². The Bertz CT molecular complexity index is 1030. The van der Waals surface area contributed by atoms with Crippen LogP contribution in [-0.4, -0.2) is 30.6 Å². The number of thioether (sulfide) groups is 1. The van der Waals surface area contributed by atoms with Crippen LogP contribution in [0.4, 0.5) is 5.69 Å². The van der Waals surface area contributed by atoms with Crippen molar-refractivity contribution >= 4 is 35.2 Å². The van der Waals surface area contributed by atoms with Crippen molar-refractivity contribution < 1.29 is 19.1 Å². The number of carbonyl (C=O) groups is 3. The van der Waals surface area contributed by atoms with Crippen molar-refractivity contribution in [3.63, 3.8) is 0 Å². The van der Waals surface area contributed by atoms with Crippen molar-refractivity contribution in [3.05, 3.63) is 76.3 Å². The van der Waals surface area contributed by atoms with Gasteiger partial charge in [-0.2, -0.15) is 5.26 Å². The molecule has 7 nitrogen and oxygen atoms in total. The number of amides is 2. The summed E-state index contributed by atoms with van der Waals surface area (Å²) in [5.41, 5.74) is 2.18. The molecule has 1 heterocycles. The van der Waals surface area contributed by atoms with Crippen LogP contribution in [0.5, 0.6) is 0 Å². The summed E-state index contributed by atoms with van der Waals surface area (Å²) < 4.78 is 4.69. The molecule has 0 fully saturated rings. The molecule has 1 atom stereocenters. The van der Waals surface area contributed by atoms with E-state index in [0.717, 1.165) is 17.3 Å².